The summed E-state index contributed by atoms with van der Waals surface area (Å²) in [5.74, 6) is -0.397. The van der Waals surface area contributed by atoms with Gasteiger partial charge in [-0.25, -0.2) is 18.1 Å². The Morgan fingerprint density at radius 3 is 2.67 bits per heavy atom. The third-order valence-electron chi connectivity index (χ3n) is 4.29. The third kappa shape index (κ3) is 3.65. The normalized spacial score (nSPS) is 12.7. The minimum atomic E-state index is -4.82. The Kier molecular flexibility index (Phi) is 4.62. The Balaban J connectivity index is 1.77. The average molecular weight is 458 g/mol. The van der Waals surface area contributed by atoms with Gasteiger partial charge in [0.1, 0.15) is 11.3 Å². The first-order chi connectivity index (χ1) is 13.9. The highest BCUT2D eigenvalue weighted by Crippen LogP contribution is 2.32. The molecule has 0 spiro atoms. The second-order valence-corrected chi connectivity index (χ2v) is 9.72. The van der Waals surface area contributed by atoms with Gasteiger partial charge in [0.15, 0.2) is 5.65 Å². The van der Waals surface area contributed by atoms with E-state index in [-0.39, 0.29) is 16.4 Å². The molecule has 158 valence electrons. The van der Waals surface area contributed by atoms with Gasteiger partial charge in [-0.05, 0) is 17.7 Å². The molecule has 0 N–H and O–H groups in total. The molecule has 0 unspecified atom stereocenters. The molecule has 0 atom stereocenters. The number of benzene rings is 1. The van der Waals surface area contributed by atoms with Gasteiger partial charge in [-0.2, -0.15) is 5.10 Å². The minimum Gasteiger partial charge on any atom is -0.406 e. The summed E-state index contributed by atoms with van der Waals surface area (Å²) >= 11 is 0.949. The van der Waals surface area contributed by atoms with E-state index in [4.69, 9.17) is 0 Å². The summed E-state index contributed by atoms with van der Waals surface area (Å²) < 4.78 is 67.7. The van der Waals surface area contributed by atoms with Gasteiger partial charge in [-0.1, -0.05) is 12.1 Å². The van der Waals surface area contributed by atoms with E-state index >= 15 is 0 Å². The monoisotopic (exact) mass is 458 g/mol. The van der Waals surface area contributed by atoms with E-state index in [9.17, 15) is 26.4 Å². The largest absolute Gasteiger partial charge is 0.573 e. The molecule has 0 fully saturated rings. The molecule has 4 aromatic rings. The minimum absolute atomic E-state index is 0.0596. The van der Waals surface area contributed by atoms with Crippen LogP contribution in [0.15, 0.2) is 39.6 Å². The molecule has 4 rings (SSSR count). The van der Waals surface area contributed by atoms with Gasteiger partial charge >= 0.3 is 6.36 Å². The van der Waals surface area contributed by atoms with E-state index in [2.05, 4.69) is 14.8 Å². The molecule has 1 aromatic carbocycles. The number of hydrogen-bond acceptors (Lipinski definition) is 7. The van der Waals surface area contributed by atoms with Crippen molar-refractivity contribution in [3.63, 3.8) is 0 Å². The summed E-state index contributed by atoms with van der Waals surface area (Å²) in [5, 5.41) is 4.55. The number of aromatic nitrogens is 4. The van der Waals surface area contributed by atoms with Crippen molar-refractivity contribution in [3.05, 3.63) is 46.4 Å². The summed E-state index contributed by atoms with van der Waals surface area (Å²) in [6.45, 7) is -0.0787. The first kappa shape index (κ1) is 20.3. The Hall–Kier alpha value is -2.93. The molecule has 13 heteroatoms. The van der Waals surface area contributed by atoms with Crippen LogP contribution in [0.25, 0.3) is 21.3 Å². The fourth-order valence-electron chi connectivity index (χ4n) is 3.06. The van der Waals surface area contributed by atoms with Gasteiger partial charge in [0.2, 0.25) is 14.2 Å². The second kappa shape index (κ2) is 6.80. The second-order valence-electron chi connectivity index (χ2n) is 6.53. The average Bonchev–Trinajstić information content (AvgIpc) is 3.16. The van der Waals surface area contributed by atoms with E-state index in [1.807, 2.05) is 0 Å². The molecule has 0 saturated heterocycles. The van der Waals surface area contributed by atoms with Crippen LogP contribution in [0.2, 0.25) is 0 Å². The molecule has 3 aromatic heterocycles. The molecule has 0 aliphatic rings. The molecule has 8 nitrogen and oxygen atoms in total. The van der Waals surface area contributed by atoms with Crippen molar-refractivity contribution in [1.82, 2.24) is 19.3 Å². The lowest BCUT2D eigenvalue weighted by molar-refractivity contribution is -0.274. The van der Waals surface area contributed by atoms with E-state index in [0.29, 0.717) is 21.3 Å². The zero-order valence-corrected chi connectivity index (χ0v) is 17.1. The number of fused-ring (bicyclic) bond motifs is 3. The molecular formula is C17H13F3N4O4S2. The molecule has 0 aliphatic carbocycles. The van der Waals surface area contributed by atoms with Gasteiger partial charge < -0.3 is 9.30 Å². The smallest absolute Gasteiger partial charge is 0.406 e. The number of alkyl halides is 3. The predicted molar refractivity (Wildman–Crippen MR) is 103 cm³/mol. The summed E-state index contributed by atoms with van der Waals surface area (Å²) in [6, 6.07) is 5.27. The van der Waals surface area contributed by atoms with Crippen molar-refractivity contribution >= 4 is 42.4 Å². The van der Waals surface area contributed by atoms with Crippen molar-refractivity contribution in [3.8, 4) is 5.75 Å². The zero-order valence-electron chi connectivity index (χ0n) is 15.5. The van der Waals surface area contributed by atoms with Crippen molar-refractivity contribution < 1.29 is 26.3 Å². The number of hydrogen-bond donors (Lipinski definition) is 0. The Bertz CT molecular complexity index is 1450. The molecule has 0 aliphatic heterocycles. The number of thiazole rings is 1. The molecule has 0 bridgehead atoms. The highest BCUT2D eigenvalue weighted by Gasteiger charge is 2.31. The zero-order chi connectivity index (χ0) is 21.8. The van der Waals surface area contributed by atoms with Crippen molar-refractivity contribution in [2.75, 3.05) is 6.26 Å². The van der Waals surface area contributed by atoms with Gasteiger partial charge in [-0.3, -0.25) is 4.79 Å². The number of aryl methyl sites for hydroxylation is 1. The maximum absolute atomic E-state index is 12.9. The molecule has 0 amide bonds. The fourth-order valence-corrected chi connectivity index (χ4v) is 5.00. The third-order valence-corrected chi connectivity index (χ3v) is 7.04. The number of sulfone groups is 1. The van der Waals surface area contributed by atoms with E-state index in [1.54, 1.807) is 13.1 Å². The predicted octanol–water partition coefficient (Wildman–Crippen LogP) is 2.70. The SMILES string of the molecule is Cn1c2nc(S(C)(=O)=O)sc2c2cnn(Cc3cccc(OC(F)(F)F)c3)c(=O)c21. The highest BCUT2D eigenvalue weighted by atomic mass is 32.2. The van der Waals surface area contributed by atoms with E-state index in [0.717, 1.165) is 28.3 Å². The van der Waals surface area contributed by atoms with Gasteiger partial charge in [0, 0.05) is 18.7 Å². The van der Waals surface area contributed by atoms with Crippen LogP contribution in [-0.4, -0.2) is 40.4 Å². The number of nitrogens with zero attached hydrogens (tertiary/aromatic N) is 4. The summed E-state index contributed by atoms with van der Waals surface area (Å²) in [7, 11) is -1.91. The van der Waals surface area contributed by atoms with Gasteiger partial charge in [-0.15, -0.1) is 24.5 Å². The van der Waals surface area contributed by atoms with Crippen LogP contribution in [0.5, 0.6) is 5.75 Å². The van der Waals surface area contributed by atoms with Gasteiger partial charge in [0.05, 0.1) is 17.4 Å². The van der Waals surface area contributed by atoms with Crippen LogP contribution in [-0.2, 0) is 23.4 Å². The Morgan fingerprint density at radius 2 is 2.00 bits per heavy atom. The lowest BCUT2D eigenvalue weighted by Crippen LogP contribution is -2.24. The highest BCUT2D eigenvalue weighted by molar-refractivity contribution is 7.92. The number of rotatable bonds is 4. The van der Waals surface area contributed by atoms with Crippen LogP contribution in [0.3, 0.4) is 0 Å². The van der Waals surface area contributed by atoms with Crippen LogP contribution in [0, 0.1) is 0 Å². The molecule has 30 heavy (non-hydrogen) atoms. The molecular weight excluding hydrogens is 445 g/mol. The van der Waals surface area contributed by atoms with E-state index in [1.165, 1.54) is 22.9 Å². The fraction of sp³-hybridized carbons (Fsp3) is 0.235. The van der Waals surface area contributed by atoms with E-state index < -0.39 is 27.5 Å². The molecule has 0 saturated carbocycles. The van der Waals surface area contributed by atoms with Crippen LogP contribution in [0.1, 0.15) is 5.56 Å². The Labute approximate surface area is 171 Å². The quantitative estimate of drug-likeness (QED) is 0.467. The maximum atomic E-state index is 12.9. The van der Waals surface area contributed by atoms with Crippen LogP contribution < -0.4 is 10.3 Å². The van der Waals surface area contributed by atoms with Crippen molar-refractivity contribution in [1.29, 1.82) is 0 Å². The molecule has 0 radical (unpaired) electrons. The van der Waals surface area contributed by atoms with Crippen LogP contribution >= 0.6 is 11.3 Å². The summed E-state index contributed by atoms with van der Waals surface area (Å²) in [6.07, 6.45) is -2.35. The first-order valence-corrected chi connectivity index (χ1v) is 11.0. The lowest BCUT2D eigenvalue weighted by Gasteiger charge is -2.10. The first-order valence-electron chi connectivity index (χ1n) is 8.34. The standard InChI is InChI=1S/C17H13F3N4O4S2/c1-23-12-11(13-14(23)22-16(29-13)30(2,26)27)7-21-24(15(12)25)8-9-4-3-5-10(6-9)28-17(18,19)20/h3-7H,8H2,1-2H3. The maximum Gasteiger partial charge on any atom is 0.573 e. The lowest BCUT2D eigenvalue weighted by atomic mass is 10.2. The molecule has 3 heterocycles. The summed E-state index contributed by atoms with van der Waals surface area (Å²) in [4.78, 5) is 17.1. The van der Waals surface area contributed by atoms with Crippen molar-refractivity contribution in [2.45, 2.75) is 17.2 Å². The topological polar surface area (TPSA) is 96.1 Å². The van der Waals surface area contributed by atoms with Gasteiger partial charge in [0.25, 0.3) is 5.56 Å². The number of halogens is 3. The van der Waals surface area contributed by atoms with Crippen LogP contribution in [0.4, 0.5) is 13.2 Å². The van der Waals surface area contributed by atoms with Crippen molar-refractivity contribution in [2.24, 2.45) is 7.05 Å². The number of ether oxygens (including phenoxy) is 1. The summed E-state index contributed by atoms with van der Waals surface area (Å²) in [5.41, 5.74) is 0.511. The Morgan fingerprint density at radius 1 is 1.27 bits per heavy atom.